The molecule has 108 valence electrons. The average molecular weight is 312 g/mol. The van der Waals surface area contributed by atoms with Crippen LogP contribution in [0.4, 0.5) is 11.4 Å². The Balaban J connectivity index is 2.01. The third-order valence-electron chi connectivity index (χ3n) is 3.40. The summed E-state index contributed by atoms with van der Waals surface area (Å²) in [6, 6.07) is 5.09. The molecule has 0 aromatic heterocycles. The van der Waals surface area contributed by atoms with Crippen LogP contribution in [0, 0.1) is 0 Å². The van der Waals surface area contributed by atoms with Crippen LogP contribution in [0.5, 0.6) is 0 Å². The van der Waals surface area contributed by atoms with Gasteiger partial charge in [0.2, 0.25) is 10.0 Å². The van der Waals surface area contributed by atoms with E-state index in [1.165, 1.54) is 4.31 Å². The predicted molar refractivity (Wildman–Crippen MR) is 78.8 cm³/mol. The van der Waals surface area contributed by atoms with Crippen molar-refractivity contribution in [3.05, 3.63) is 18.2 Å². The fraction of sp³-hybridized carbons (Fsp3) is 0.500. The molecule has 0 atom stereocenters. The van der Waals surface area contributed by atoms with Crippen LogP contribution in [0.15, 0.2) is 31.8 Å². The first-order valence-corrected chi connectivity index (χ1v) is 8.54. The number of hydrogen-bond acceptors (Lipinski definition) is 5. The number of nitrogens with zero attached hydrogens (tertiary/aromatic N) is 3. The summed E-state index contributed by atoms with van der Waals surface area (Å²) < 4.78 is 35.4. The van der Waals surface area contributed by atoms with Crippen molar-refractivity contribution in [1.29, 1.82) is 0 Å². The Morgan fingerprint density at radius 2 is 2.15 bits per heavy atom. The molecule has 8 heteroatoms. The number of fused-ring (bicyclic) bond motifs is 1. The summed E-state index contributed by atoms with van der Waals surface area (Å²) in [6.45, 7) is 5.57. The van der Waals surface area contributed by atoms with Gasteiger partial charge in [0.15, 0.2) is 0 Å². The first-order valence-electron chi connectivity index (χ1n) is 6.37. The molecule has 0 unspecified atom stereocenters. The first kappa shape index (κ1) is 13.9. The summed E-state index contributed by atoms with van der Waals surface area (Å²) in [5, 5.41) is 3.31. The average Bonchev–Trinajstić information content (AvgIpc) is 2.85. The molecular formula is C12H16N4O2S2. The second-order valence-corrected chi connectivity index (χ2v) is 7.97. The predicted octanol–water partition coefficient (Wildman–Crippen LogP) is 1.79. The van der Waals surface area contributed by atoms with Gasteiger partial charge in [-0.25, -0.2) is 8.42 Å². The van der Waals surface area contributed by atoms with E-state index in [2.05, 4.69) is 14.0 Å². The van der Waals surface area contributed by atoms with Crippen LogP contribution in [0.1, 0.15) is 13.8 Å². The Morgan fingerprint density at radius 1 is 1.35 bits per heavy atom. The highest BCUT2D eigenvalue weighted by molar-refractivity contribution is 7.89. The fourth-order valence-corrected chi connectivity index (χ4v) is 4.78. The van der Waals surface area contributed by atoms with Crippen molar-refractivity contribution < 1.29 is 8.42 Å². The summed E-state index contributed by atoms with van der Waals surface area (Å²) in [5.41, 5.74) is 0.874. The normalized spacial score (nSPS) is 21.5. The molecule has 1 N–H and O–H groups in total. The zero-order chi connectivity index (χ0) is 14.4. The van der Waals surface area contributed by atoms with Gasteiger partial charge < -0.3 is 5.32 Å². The number of hydrogen-bond donors (Lipinski definition) is 1. The second-order valence-electron chi connectivity index (χ2n) is 5.54. The minimum atomic E-state index is -3.53. The minimum absolute atomic E-state index is 0.223. The van der Waals surface area contributed by atoms with E-state index in [0.29, 0.717) is 31.0 Å². The highest BCUT2D eigenvalue weighted by Gasteiger charge is 2.35. The number of benzene rings is 1. The largest absolute Gasteiger partial charge is 0.309 e. The van der Waals surface area contributed by atoms with Crippen LogP contribution in [0.3, 0.4) is 0 Å². The SMILES string of the molecule is CC1(C)CN(S(=O)(=O)c2cccc3c2N=S=N3)CCN1. The lowest BCUT2D eigenvalue weighted by Gasteiger charge is -2.38. The first-order chi connectivity index (χ1) is 9.40. The number of rotatable bonds is 2. The maximum atomic E-state index is 12.8. The Morgan fingerprint density at radius 3 is 2.90 bits per heavy atom. The van der Waals surface area contributed by atoms with Crippen molar-refractivity contribution in [2.75, 3.05) is 19.6 Å². The van der Waals surface area contributed by atoms with Crippen molar-refractivity contribution in [1.82, 2.24) is 9.62 Å². The van der Waals surface area contributed by atoms with Crippen LogP contribution >= 0.6 is 0 Å². The van der Waals surface area contributed by atoms with Gasteiger partial charge in [-0.1, -0.05) is 6.07 Å². The van der Waals surface area contributed by atoms with Crippen LogP contribution in [0.25, 0.3) is 0 Å². The molecule has 0 aliphatic carbocycles. The summed E-state index contributed by atoms with van der Waals surface area (Å²) in [7, 11) is -3.53. The molecule has 6 nitrogen and oxygen atoms in total. The lowest BCUT2D eigenvalue weighted by Crippen LogP contribution is -2.58. The van der Waals surface area contributed by atoms with E-state index in [1.807, 2.05) is 13.8 Å². The lowest BCUT2D eigenvalue weighted by molar-refractivity contribution is 0.233. The van der Waals surface area contributed by atoms with Gasteiger partial charge in [-0.3, -0.25) is 0 Å². The third-order valence-corrected chi connectivity index (χ3v) is 5.82. The summed E-state index contributed by atoms with van der Waals surface area (Å²) in [4.78, 5) is 0.251. The smallest absolute Gasteiger partial charge is 0.245 e. The molecule has 2 aliphatic rings. The Hall–Kier alpha value is -1.09. The third kappa shape index (κ3) is 2.32. The van der Waals surface area contributed by atoms with Crippen molar-refractivity contribution in [3.8, 4) is 0 Å². The zero-order valence-corrected chi connectivity index (χ0v) is 13.0. The summed E-state index contributed by atoms with van der Waals surface area (Å²) >= 11 is 1.03. The van der Waals surface area contributed by atoms with Gasteiger partial charge in [0.25, 0.3) is 0 Å². The molecular weight excluding hydrogens is 296 g/mol. The van der Waals surface area contributed by atoms with Gasteiger partial charge in [0, 0.05) is 25.2 Å². The zero-order valence-electron chi connectivity index (χ0n) is 11.3. The van der Waals surface area contributed by atoms with Gasteiger partial charge in [-0.05, 0) is 26.0 Å². The molecule has 2 heterocycles. The molecule has 0 spiro atoms. The number of piperazine rings is 1. The maximum Gasteiger partial charge on any atom is 0.245 e. The molecule has 20 heavy (non-hydrogen) atoms. The van der Waals surface area contributed by atoms with Crippen LogP contribution < -0.4 is 5.32 Å². The number of nitrogens with one attached hydrogen (secondary N) is 1. The van der Waals surface area contributed by atoms with Crippen LogP contribution in [0.2, 0.25) is 0 Å². The summed E-state index contributed by atoms with van der Waals surface area (Å²) in [6.07, 6.45) is 0. The lowest BCUT2D eigenvalue weighted by atomic mass is 10.0. The molecule has 0 radical (unpaired) electrons. The Labute approximate surface area is 122 Å². The topological polar surface area (TPSA) is 74.1 Å². The van der Waals surface area contributed by atoms with Crippen molar-refractivity contribution >= 4 is 32.8 Å². The van der Waals surface area contributed by atoms with Crippen molar-refractivity contribution in [2.45, 2.75) is 24.3 Å². The van der Waals surface area contributed by atoms with E-state index in [9.17, 15) is 8.42 Å². The van der Waals surface area contributed by atoms with E-state index in [-0.39, 0.29) is 10.4 Å². The molecule has 0 amide bonds. The van der Waals surface area contributed by atoms with Gasteiger partial charge >= 0.3 is 0 Å². The molecule has 1 saturated heterocycles. The molecule has 1 aromatic rings. The standard InChI is InChI=1S/C12H16N4O2S2/c1-12(2)8-16(7-6-13-12)20(17,18)10-5-3-4-9-11(10)15-19-14-9/h3-5,13H,6-8H2,1-2H3. The molecule has 3 rings (SSSR count). The molecule has 0 bridgehead atoms. The van der Waals surface area contributed by atoms with Gasteiger partial charge in [0.1, 0.15) is 16.3 Å². The fourth-order valence-electron chi connectivity index (χ4n) is 2.43. The molecule has 0 saturated carbocycles. The van der Waals surface area contributed by atoms with Gasteiger partial charge in [0.05, 0.1) is 11.4 Å². The van der Waals surface area contributed by atoms with Crippen molar-refractivity contribution in [3.63, 3.8) is 0 Å². The van der Waals surface area contributed by atoms with E-state index in [0.717, 1.165) is 11.4 Å². The van der Waals surface area contributed by atoms with E-state index in [1.54, 1.807) is 18.2 Å². The highest BCUT2D eigenvalue weighted by Crippen LogP contribution is 2.38. The minimum Gasteiger partial charge on any atom is -0.309 e. The molecule has 1 aromatic carbocycles. The Bertz CT molecular complexity index is 721. The van der Waals surface area contributed by atoms with E-state index < -0.39 is 10.0 Å². The monoisotopic (exact) mass is 312 g/mol. The number of sulfonamides is 1. The Kier molecular flexibility index (Phi) is 3.28. The van der Waals surface area contributed by atoms with Gasteiger partial charge in [-0.15, -0.1) is 0 Å². The van der Waals surface area contributed by atoms with Crippen molar-refractivity contribution in [2.24, 2.45) is 8.73 Å². The molecule has 1 fully saturated rings. The molecule has 2 aliphatic heterocycles. The van der Waals surface area contributed by atoms with E-state index in [4.69, 9.17) is 0 Å². The summed E-state index contributed by atoms with van der Waals surface area (Å²) in [5.74, 6) is 0. The quantitative estimate of drug-likeness (QED) is 0.918. The van der Waals surface area contributed by atoms with Gasteiger partial charge in [-0.2, -0.15) is 13.0 Å². The van der Waals surface area contributed by atoms with Crippen LogP contribution in [-0.2, 0) is 21.4 Å². The highest BCUT2D eigenvalue weighted by atomic mass is 32.2. The maximum absolute atomic E-state index is 12.8. The van der Waals surface area contributed by atoms with E-state index >= 15 is 0 Å². The van der Waals surface area contributed by atoms with Crippen LogP contribution in [-0.4, -0.2) is 37.9 Å². The second kappa shape index (κ2) is 4.73.